The maximum atomic E-state index is 4.43. The van der Waals surface area contributed by atoms with Crippen LogP contribution in [-0.4, -0.2) is 6.21 Å². The van der Waals surface area contributed by atoms with Gasteiger partial charge in [0.25, 0.3) is 0 Å². The first kappa shape index (κ1) is 10.6. The summed E-state index contributed by atoms with van der Waals surface area (Å²) in [5.74, 6) is 0. The van der Waals surface area contributed by atoms with Crippen molar-refractivity contribution >= 4 is 39.2 Å². The number of hydrogen-bond acceptors (Lipinski definition) is 2. The van der Waals surface area contributed by atoms with Gasteiger partial charge in [-0.05, 0) is 52.0 Å². The van der Waals surface area contributed by atoms with Crippen molar-refractivity contribution in [3.8, 4) is 0 Å². The van der Waals surface area contributed by atoms with E-state index in [2.05, 4.69) is 46.0 Å². The molecule has 1 nitrogen and oxygen atoms in total. The van der Waals surface area contributed by atoms with Crippen LogP contribution in [0, 0.1) is 6.92 Å². The van der Waals surface area contributed by atoms with Crippen molar-refractivity contribution in [2.75, 3.05) is 0 Å². The zero-order chi connectivity index (χ0) is 10.7. The maximum absolute atomic E-state index is 4.43. The zero-order valence-electron chi connectivity index (χ0n) is 8.27. The highest BCUT2D eigenvalue weighted by Crippen LogP contribution is 2.26. The molecular weight excluding hydrogens is 270 g/mol. The fraction of sp³-hybridized carbons (Fsp3) is 0.0833. The fourth-order valence-corrected chi connectivity index (χ4v) is 2.40. The lowest BCUT2D eigenvalue weighted by atomic mass is 10.2. The Morgan fingerprint density at radius 2 is 2.20 bits per heavy atom. The van der Waals surface area contributed by atoms with Gasteiger partial charge in [-0.2, -0.15) is 0 Å². The van der Waals surface area contributed by atoms with Gasteiger partial charge in [-0.3, -0.25) is 4.99 Å². The van der Waals surface area contributed by atoms with E-state index in [1.165, 1.54) is 10.4 Å². The summed E-state index contributed by atoms with van der Waals surface area (Å²) in [4.78, 5) is 5.60. The Bertz CT molecular complexity index is 474. The summed E-state index contributed by atoms with van der Waals surface area (Å²) < 4.78 is 1.04. The Labute approximate surface area is 102 Å². The molecule has 0 amide bonds. The van der Waals surface area contributed by atoms with Crippen LogP contribution in [0.1, 0.15) is 10.4 Å². The van der Waals surface area contributed by atoms with Crippen molar-refractivity contribution in [2.45, 2.75) is 6.92 Å². The SMILES string of the molecule is Cc1ccc(N=Cc2cccs2)c(Br)c1. The topological polar surface area (TPSA) is 12.4 Å². The van der Waals surface area contributed by atoms with E-state index in [0.29, 0.717) is 0 Å². The molecule has 0 unspecified atom stereocenters. The number of rotatable bonds is 2. The molecule has 1 aromatic heterocycles. The minimum absolute atomic E-state index is 0.967. The number of benzene rings is 1. The first-order chi connectivity index (χ1) is 7.25. The van der Waals surface area contributed by atoms with Crippen LogP contribution in [0.5, 0.6) is 0 Å². The summed E-state index contributed by atoms with van der Waals surface area (Å²) in [5, 5.41) is 2.05. The van der Waals surface area contributed by atoms with Gasteiger partial charge >= 0.3 is 0 Å². The second kappa shape index (κ2) is 4.73. The monoisotopic (exact) mass is 279 g/mol. The van der Waals surface area contributed by atoms with Crippen LogP contribution < -0.4 is 0 Å². The van der Waals surface area contributed by atoms with Crippen molar-refractivity contribution in [3.05, 3.63) is 50.6 Å². The van der Waals surface area contributed by atoms with Crippen LogP contribution in [0.3, 0.4) is 0 Å². The number of hydrogen-bond donors (Lipinski definition) is 0. The van der Waals surface area contributed by atoms with E-state index in [0.717, 1.165) is 10.2 Å². The summed E-state index contributed by atoms with van der Waals surface area (Å²) in [6, 6.07) is 10.2. The summed E-state index contributed by atoms with van der Waals surface area (Å²) in [6.07, 6.45) is 1.89. The molecule has 0 saturated heterocycles. The quantitative estimate of drug-likeness (QED) is 0.714. The van der Waals surface area contributed by atoms with Gasteiger partial charge in [0.1, 0.15) is 0 Å². The summed E-state index contributed by atoms with van der Waals surface area (Å²) >= 11 is 5.19. The van der Waals surface area contributed by atoms with E-state index in [-0.39, 0.29) is 0 Å². The van der Waals surface area contributed by atoms with Gasteiger partial charge in [0.15, 0.2) is 0 Å². The molecule has 1 heterocycles. The molecule has 3 heteroatoms. The summed E-state index contributed by atoms with van der Waals surface area (Å²) in [5.41, 5.74) is 2.20. The lowest BCUT2D eigenvalue weighted by Gasteiger charge is -1.98. The third kappa shape index (κ3) is 2.76. The van der Waals surface area contributed by atoms with Gasteiger partial charge in [-0.15, -0.1) is 11.3 Å². The van der Waals surface area contributed by atoms with E-state index >= 15 is 0 Å². The Morgan fingerprint density at radius 1 is 1.33 bits per heavy atom. The van der Waals surface area contributed by atoms with Crippen LogP contribution in [0.25, 0.3) is 0 Å². The van der Waals surface area contributed by atoms with E-state index in [9.17, 15) is 0 Å². The van der Waals surface area contributed by atoms with Gasteiger partial charge in [0.05, 0.1) is 5.69 Å². The highest BCUT2D eigenvalue weighted by Gasteiger charge is 1.96. The van der Waals surface area contributed by atoms with Gasteiger partial charge in [-0.1, -0.05) is 12.1 Å². The molecular formula is C12H10BrNS. The molecule has 2 aromatic rings. The molecule has 0 aliphatic rings. The minimum atomic E-state index is 0.967. The van der Waals surface area contributed by atoms with Gasteiger partial charge in [-0.25, -0.2) is 0 Å². The van der Waals surface area contributed by atoms with Crippen molar-refractivity contribution in [1.82, 2.24) is 0 Å². The van der Waals surface area contributed by atoms with Crippen LogP contribution in [0.4, 0.5) is 5.69 Å². The molecule has 0 aliphatic carbocycles. The predicted molar refractivity (Wildman–Crippen MR) is 70.5 cm³/mol. The number of aliphatic imine (C=N–C) groups is 1. The lowest BCUT2D eigenvalue weighted by Crippen LogP contribution is -1.75. The highest BCUT2D eigenvalue weighted by atomic mass is 79.9. The fourth-order valence-electron chi connectivity index (χ4n) is 1.21. The Morgan fingerprint density at radius 3 is 2.87 bits per heavy atom. The minimum Gasteiger partial charge on any atom is -0.254 e. The largest absolute Gasteiger partial charge is 0.254 e. The van der Waals surface area contributed by atoms with Crippen LogP contribution >= 0.6 is 27.3 Å². The van der Waals surface area contributed by atoms with Crippen molar-refractivity contribution < 1.29 is 0 Å². The first-order valence-corrected chi connectivity index (χ1v) is 6.27. The molecule has 0 bridgehead atoms. The van der Waals surface area contributed by atoms with Gasteiger partial charge in [0.2, 0.25) is 0 Å². The maximum Gasteiger partial charge on any atom is 0.0772 e. The Balaban J connectivity index is 2.24. The standard InChI is InChI=1S/C12H10BrNS/c1-9-4-5-12(11(13)7-9)14-8-10-3-2-6-15-10/h2-8H,1H3. The molecule has 0 saturated carbocycles. The average molecular weight is 280 g/mol. The van der Waals surface area contributed by atoms with E-state index < -0.39 is 0 Å². The van der Waals surface area contributed by atoms with E-state index in [1.807, 2.05) is 23.7 Å². The van der Waals surface area contributed by atoms with Crippen molar-refractivity contribution in [2.24, 2.45) is 4.99 Å². The highest BCUT2D eigenvalue weighted by molar-refractivity contribution is 9.10. The average Bonchev–Trinajstić information content (AvgIpc) is 2.69. The van der Waals surface area contributed by atoms with Gasteiger partial charge < -0.3 is 0 Å². The first-order valence-electron chi connectivity index (χ1n) is 4.59. The zero-order valence-corrected chi connectivity index (χ0v) is 10.7. The molecule has 0 N–H and O–H groups in total. The molecule has 0 atom stereocenters. The third-order valence-electron chi connectivity index (χ3n) is 1.98. The summed E-state index contributed by atoms with van der Waals surface area (Å²) in [6.45, 7) is 2.07. The van der Waals surface area contributed by atoms with Gasteiger partial charge in [0, 0.05) is 15.6 Å². The van der Waals surface area contributed by atoms with Crippen LogP contribution in [0.15, 0.2) is 45.2 Å². The smallest absolute Gasteiger partial charge is 0.0772 e. The Hall–Kier alpha value is -0.930. The predicted octanol–water partition coefficient (Wildman–Crippen LogP) is 4.57. The molecule has 1 aromatic carbocycles. The second-order valence-electron chi connectivity index (χ2n) is 3.23. The molecule has 0 fully saturated rings. The third-order valence-corrected chi connectivity index (χ3v) is 3.42. The number of nitrogens with zero attached hydrogens (tertiary/aromatic N) is 1. The van der Waals surface area contributed by atoms with E-state index in [4.69, 9.17) is 0 Å². The molecule has 76 valence electrons. The Kier molecular flexibility index (Phi) is 3.34. The molecule has 0 spiro atoms. The van der Waals surface area contributed by atoms with E-state index in [1.54, 1.807) is 11.3 Å². The summed E-state index contributed by atoms with van der Waals surface area (Å²) in [7, 11) is 0. The molecule has 0 aliphatic heterocycles. The molecule has 2 rings (SSSR count). The van der Waals surface area contributed by atoms with Crippen molar-refractivity contribution in [1.29, 1.82) is 0 Å². The van der Waals surface area contributed by atoms with Crippen LogP contribution in [0.2, 0.25) is 0 Å². The van der Waals surface area contributed by atoms with Crippen molar-refractivity contribution in [3.63, 3.8) is 0 Å². The number of aryl methyl sites for hydroxylation is 1. The lowest BCUT2D eigenvalue weighted by molar-refractivity contribution is 1.41. The molecule has 0 radical (unpaired) electrons. The molecule has 15 heavy (non-hydrogen) atoms. The normalized spacial score (nSPS) is 11.1. The number of thiophene rings is 1. The second-order valence-corrected chi connectivity index (χ2v) is 5.06. The number of halogens is 1. The van der Waals surface area contributed by atoms with Crippen LogP contribution in [-0.2, 0) is 0 Å².